The zero-order chi connectivity index (χ0) is 19.8. The number of ether oxygens (including phenoxy) is 2. The first-order valence-corrected chi connectivity index (χ1v) is 8.32. The number of carbonyl (C=O) groups is 3. The van der Waals surface area contributed by atoms with E-state index in [9.17, 15) is 24.6 Å². The Bertz CT molecular complexity index is 701. The lowest BCUT2D eigenvalue weighted by Gasteiger charge is -2.33. The average molecular weight is 364 g/mol. The molecule has 5 atom stereocenters. The monoisotopic (exact) mass is 364 g/mol. The van der Waals surface area contributed by atoms with Crippen molar-refractivity contribution >= 4 is 17.7 Å². The summed E-state index contributed by atoms with van der Waals surface area (Å²) in [5.41, 5.74) is -1.23. The molecule has 2 aliphatic rings. The van der Waals surface area contributed by atoms with E-state index in [-0.39, 0.29) is 24.0 Å². The van der Waals surface area contributed by atoms with Gasteiger partial charge >= 0.3 is 11.9 Å². The number of hydrogen-bond donors (Lipinski definition) is 2. The smallest absolute Gasteiger partial charge is 0.334 e. The van der Waals surface area contributed by atoms with Crippen molar-refractivity contribution in [3.05, 3.63) is 36.0 Å². The van der Waals surface area contributed by atoms with Crippen LogP contribution in [0.3, 0.4) is 0 Å². The number of esters is 2. The second-order valence-corrected chi connectivity index (χ2v) is 7.18. The Balaban J connectivity index is 2.52. The van der Waals surface area contributed by atoms with Gasteiger partial charge in [0, 0.05) is 24.0 Å². The molecule has 0 bridgehead atoms. The van der Waals surface area contributed by atoms with E-state index in [0.29, 0.717) is 5.57 Å². The van der Waals surface area contributed by atoms with Crippen LogP contribution in [0.2, 0.25) is 0 Å². The van der Waals surface area contributed by atoms with E-state index in [0.717, 1.165) is 0 Å². The predicted molar refractivity (Wildman–Crippen MR) is 91.8 cm³/mol. The van der Waals surface area contributed by atoms with E-state index in [4.69, 9.17) is 9.47 Å². The molecule has 2 N–H and O–H groups in total. The molecule has 0 radical (unpaired) electrons. The molecule has 7 heteroatoms. The molecule has 0 amide bonds. The van der Waals surface area contributed by atoms with Crippen LogP contribution in [0.5, 0.6) is 0 Å². The molecule has 0 aromatic carbocycles. The highest BCUT2D eigenvalue weighted by molar-refractivity contribution is 5.92. The Kier molecular flexibility index (Phi) is 5.53. The van der Waals surface area contributed by atoms with Gasteiger partial charge in [-0.05, 0) is 32.4 Å². The van der Waals surface area contributed by atoms with Crippen molar-refractivity contribution < 1.29 is 34.1 Å². The summed E-state index contributed by atoms with van der Waals surface area (Å²) >= 11 is 0. The van der Waals surface area contributed by atoms with E-state index in [1.54, 1.807) is 6.92 Å². The van der Waals surface area contributed by atoms with Gasteiger partial charge in [0.2, 0.25) is 0 Å². The zero-order valence-electron chi connectivity index (χ0n) is 15.2. The fourth-order valence-corrected chi connectivity index (χ4v) is 3.09. The minimum absolute atomic E-state index is 0.0804. The molecule has 26 heavy (non-hydrogen) atoms. The Morgan fingerprint density at radius 2 is 2.04 bits per heavy atom. The largest absolute Gasteiger partial charge is 0.458 e. The first-order valence-electron chi connectivity index (χ1n) is 8.32. The molecule has 1 heterocycles. The average Bonchev–Trinajstić information content (AvgIpc) is 2.79. The van der Waals surface area contributed by atoms with Gasteiger partial charge in [-0.1, -0.05) is 13.2 Å². The number of carbonyl (C=O) groups excluding carboxylic acids is 3. The number of aliphatic hydroxyl groups excluding tert-OH is 1. The topological polar surface area (TPSA) is 110 Å². The second kappa shape index (κ2) is 7.17. The third kappa shape index (κ3) is 3.94. The van der Waals surface area contributed by atoms with Gasteiger partial charge in [0.1, 0.15) is 17.8 Å². The van der Waals surface area contributed by atoms with Gasteiger partial charge in [-0.15, -0.1) is 0 Å². The summed E-state index contributed by atoms with van der Waals surface area (Å²) in [4.78, 5) is 36.5. The maximum absolute atomic E-state index is 12.4. The van der Waals surface area contributed by atoms with Crippen LogP contribution in [0.4, 0.5) is 0 Å². The molecule has 2 rings (SSSR count). The molecule has 1 aliphatic heterocycles. The summed E-state index contributed by atoms with van der Waals surface area (Å²) in [6.45, 7) is 11.6. The van der Waals surface area contributed by atoms with Crippen LogP contribution in [0.15, 0.2) is 36.0 Å². The normalized spacial score (nSPS) is 35.3. The Hall–Kier alpha value is -2.25. The molecule has 7 nitrogen and oxygen atoms in total. The Morgan fingerprint density at radius 1 is 1.42 bits per heavy atom. The first kappa shape index (κ1) is 20.1. The summed E-state index contributed by atoms with van der Waals surface area (Å²) < 4.78 is 10.7. The van der Waals surface area contributed by atoms with E-state index < -0.39 is 47.6 Å². The van der Waals surface area contributed by atoms with E-state index >= 15 is 0 Å². The van der Waals surface area contributed by atoms with Crippen LogP contribution < -0.4 is 0 Å². The van der Waals surface area contributed by atoms with Crippen LogP contribution >= 0.6 is 0 Å². The van der Waals surface area contributed by atoms with Gasteiger partial charge in [0.05, 0.1) is 12.0 Å². The summed E-state index contributed by atoms with van der Waals surface area (Å²) in [7, 11) is 0. The molecule has 0 saturated carbocycles. The number of ketones is 1. The lowest BCUT2D eigenvalue weighted by atomic mass is 9.79. The maximum Gasteiger partial charge on any atom is 0.334 e. The van der Waals surface area contributed by atoms with Gasteiger partial charge in [-0.2, -0.15) is 0 Å². The molecule has 1 fully saturated rings. The number of rotatable bonds is 2. The highest BCUT2D eigenvalue weighted by Crippen LogP contribution is 2.37. The van der Waals surface area contributed by atoms with Gasteiger partial charge in [-0.3, -0.25) is 4.79 Å². The van der Waals surface area contributed by atoms with Crippen molar-refractivity contribution in [3.63, 3.8) is 0 Å². The third-order valence-corrected chi connectivity index (χ3v) is 4.80. The summed E-state index contributed by atoms with van der Waals surface area (Å²) in [5.74, 6) is -2.74. The van der Waals surface area contributed by atoms with Crippen LogP contribution in [-0.2, 0) is 23.9 Å². The number of aliphatic hydroxyl groups is 2. The standard InChI is InChI=1S/C19H24O7/c1-9(2)17(22)26-14-8-19(5,24)15(21)7-12(20)10(3)6-13-16(14)11(4)18(23)25-13/h6,12-14,16,20,24H,1,4,7-8H2,2-3,5H3/t12-,13+,14-,16-,19+/m0/s1. The molecule has 0 aromatic rings. The van der Waals surface area contributed by atoms with Crippen molar-refractivity contribution in [3.8, 4) is 0 Å². The SMILES string of the molecule is C=C(C)C(=O)O[C@H]1C[C@@](C)(O)C(=O)C[C@H](O)C(C)=C[C@H]2OC(=O)C(=C)[C@H]12. The molecule has 1 aliphatic carbocycles. The molecule has 0 unspecified atom stereocenters. The first-order chi connectivity index (χ1) is 11.9. The lowest BCUT2D eigenvalue weighted by Crippen LogP contribution is -2.46. The van der Waals surface area contributed by atoms with Gasteiger partial charge < -0.3 is 19.7 Å². The summed E-state index contributed by atoms with van der Waals surface area (Å²) in [6, 6.07) is 0. The second-order valence-electron chi connectivity index (χ2n) is 7.18. The predicted octanol–water partition coefficient (Wildman–Crippen LogP) is 0.993. The van der Waals surface area contributed by atoms with Crippen LogP contribution in [0.25, 0.3) is 0 Å². The van der Waals surface area contributed by atoms with E-state index in [1.807, 2.05) is 0 Å². The number of Topliss-reactive ketones (excluding diaryl/α,β-unsaturated/α-hetero) is 1. The van der Waals surface area contributed by atoms with Crippen molar-refractivity contribution in [1.29, 1.82) is 0 Å². The highest BCUT2D eigenvalue weighted by atomic mass is 16.6. The molecule has 0 spiro atoms. The van der Waals surface area contributed by atoms with Crippen molar-refractivity contribution in [2.24, 2.45) is 5.92 Å². The van der Waals surface area contributed by atoms with E-state index in [1.165, 1.54) is 19.9 Å². The molecule has 142 valence electrons. The van der Waals surface area contributed by atoms with Crippen molar-refractivity contribution in [2.75, 3.05) is 0 Å². The zero-order valence-corrected chi connectivity index (χ0v) is 15.2. The summed E-state index contributed by atoms with van der Waals surface area (Å²) in [5, 5.41) is 20.8. The highest BCUT2D eigenvalue weighted by Gasteiger charge is 2.48. The molecular weight excluding hydrogens is 340 g/mol. The van der Waals surface area contributed by atoms with Gasteiger partial charge in [0.15, 0.2) is 5.78 Å². The number of fused-ring (bicyclic) bond motifs is 1. The van der Waals surface area contributed by atoms with Crippen LogP contribution in [-0.4, -0.2) is 51.8 Å². The van der Waals surface area contributed by atoms with Crippen molar-refractivity contribution in [2.45, 2.75) is 57.5 Å². The maximum atomic E-state index is 12.4. The Morgan fingerprint density at radius 3 is 2.62 bits per heavy atom. The fraction of sp³-hybridized carbons (Fsp3) is 0.526. The van der Waals surface area contributed by atoms with Crippen molar-refractivity contribution in [1.82, 2.24) is 0 Å². The number of hydrogen-bond acceptors (Lipinski definition) is 7. The quantitative estimate of drug-likeness (QED) is 0.427. The third-order valence-electron chi connectivity index (χ3n) is 4.80. The molecule has 0 aromatic heterocycles. The molecular formula is C19H24O7. The minimum atomic E-state index is -1.87. The van der Waals surface area contributed by atoms with Crippen LogP contribution in [0, 0.1) is 5.92 Å². The summed E-state index contributed by atoms with van der Waals surface area (Å²) in [6.07, 6.45) is -2.00. The van der Waals surface area contributed by atoms with E-state index in [2.05, 4.69) is 13.2 Å². The molecule has 1 saturated heterocycles. The fourth-order valence-electron chi connectivity index (χ4n) is 3.09. The minimum Gasteiger partial charge on any atom is -0.458 e. The lowest BCUT2D eigenvalue weighted by molar-refractivity contribution is -0.156. The van der Waals surface area contributed by atoms with Crippen LogP contribution in [0.1, 0.15) is 33.6 Å². The van der Waals surface area contributed by atoms with Gasteiger partial charge in [0.25, 0.3) is 0 Å². The van der Waals surface area contributed by atoms with Gasteiger partial charge in [-0.25, -0.2) is 9.59 Å². The Labute approximate surface area is 152 Å².